The van der Waals surface area contributed by atoms with Crippen molar-refractivity contribution >= 4 is 17.4 Å². The van der Waals surface area contributed by atoms with Crippen LogP contribution < -0.4 is 20.5 Å². The predicted octanol–water partition coefficient (Wildman–Crippen LogP) is 2.00. The van der Waals surface area contributed by atoms with Crippen molar-refractivity contribution in [1.82, 2.24) is 4.98 Å². The maximum absolute atomic E-state index is 11.9. The Labute approximate surface area is 122 Å². The molecule has 1 amide bonds. The number of nitrogens with one attached hydrogen (secondary N) is 1. The van der Waals surface area contributed by atoms with E-state index in [4.69, 9.17) is 15.2 Å². The van der Waals surface area contributed by atoms with E-state index in [1.165, 1.54) is 0 Å². The fourth-order valence-corrected chi connectivity index (χ4v) is 1.74. The molecule has 2 aromatic rings. The van der Waals surface area contributed by atoms with Crippen LogP contribution in [0.5, 0.6) is 11.5 Å². The molecule has 0 radical (unpaired) electrons. The van der Waals surface area contributed by atoms with Gasteiger partial charge in [0.2, 0.25) is 0 Å². The molecule has 0 saturated carbocycles. The molecular weight excluding hydrogens is 270 g/mol. The molecule has 0 atom stereocenters. The van der Waals surface area contributed by atoms with E-state index in [2.05, 4.69) is 10.3 Å². The van der Waals surface area contributed by atoms with Crippen molar-refractivity contribution in [3.8, 4) is 11.5 Å². The Balaban J connectivity index is 1.92. The standard InChI is InChI=1S/C15H17N3O3/c1-10-13(6-7-14(16)17-10)18-15(19)9-21-12-5-3-4-11(8-12)20-2/h3-8H,9H2,1-2H3,(H2,16,17)(H,18,19). The van der Waals surface area contributed by atoms with Crippen molar-refractivity contribution in [3.05, 3.63) is 42.1 Å². The van der Waals surface area contributed by atoms with Gasteiger partial charge in [-0.2, -0.15) is 0 Å². The summed E-state index contributed by atoms with van der Waals surface area (Å²) >= 11 is 0. The smallest absolute Gasteiger partial charge is 0.262 e. The first kappa shape index (κ1) is 14.6. The molecule has 6 heteroatoms. The van der Waals surface area contributed by atoms with E-state index in [0.29, 0.717) is 28.7 Å². The van der Waals surface area contributed by atoms with E-state index in [-0.39, 0.29) is 12.5 Å². The summed E-state index contributed by atoms with van der Waals surface area (Å²) in [6.45, 7) is 1.67. The van der Waals surface area contributed by atoms with Gasteiger partial charge in [0, 0.05) is 6.07 Å². The Kier molecular flexibility index (Phi) is 4.61. The number of nitrogen functional groups attached to an aromatic ring is 1. The number of pyridine rings is 1. The molecule has 0 bridgehead atoms. The van der Waals surface area contributed by atoms with E-state index in [9.17, 15) is 4.79 Å². The fourth-order valence-electron chi connectivity index (χ4n) is 1.74. The van der Waals surface area contributed by atoms with Gasteiger partial charge < -0.3 is 20.5 Å². The number of benzene rings is 1. The second kappa shape index (κ2) is 6.60. The first-order chi connectivity index (χ1) is 10.1. The zero-order chi connectivity index (χ0) is 15.2. The maximum Gasteiger partial charge on any atom is 0.262 e. The minimum Gasteiger partial charge on any atom is -0.497 e. The maximum atomic E-state index is 11.9. The number of amides is 1. The Bertz CT molecular complexity index is 644. The minimum absolute atomic E-state index is 0.100. The van der Waals surface area contributed by atoms with Crippen LogP contribution in [0.25, 0.3) is 0 Å². The molecule has 1 aromatic heterocycles. The van der Waals surface area contributed by atoms with Crippen molar-refractivity contribution < 1.29 is 14.3 Å². The van der Waals surface area contributed by atoms with Crippen LogP contribution in [0.3, 0.4) is 0 Å². The molecule has 0 fully saturated rings. The molecule has 0 aliphatic carbocycles. The zero-order valence-electron chi connectivity index (χ0n) is 11.9. The van der Waals surface area contributed by atoms with Crippen molar-refractivity contribution in [2.45, 2.75) is 6.92 Å². The normalized spacial score (nSPS) is 10.0. The van der Waals surface area contributed by atoms with Crippen LogP contribution in [0, 0.1) is 6.92 Å². The van der Waals surface area contributed by atoms with E-state index in [1.54, 1.807) is 50.4 Å². The van der Waals surface area contributed by atoms with Gasteiger partial charge >= 0.3 is 0 Å². The highest BCUT2D eigenvalue weighted by Gasteiger charge is 2.07. The quantitative estimate of drug-likeness (QED) is 0.878. The SMILES string of the molecule is COc1cccc(OCC(=O)Nc2ccc(N)nc2C)c1. The second-order valence-electron chi connectivity index (χ2n) is 4.38. The number of anilines is 2. The number of methoxy groups -OCH3 is 1. The first-order valence-corrected chi connectivity index (χ1v) is 6.38. The number of carbonyl (C=O) groups excluding carboxylic acids is 1. The number of nitrogens with zero attached hydrogens (tertiary/aromatic N) is 1. The summed E-state index contributed by atoms with van der Waals surface area (Å²) in [6, 6.07) is 10.4. The summed E-state index contributed by atoms with van der Waals surface area (Å²) in [5.74, 6) is 1.38. The average molecular weight is 287 g/mol. The lowest BCUT2D eigenvalue weighted by atomic mass is 10.3. The molecule has 6 nitrogen and oxygen atoms in total. The van der Waals surface area contributed by atoms with E-state index in [1.807, 2.05) is 0 Å². The summed E-state index contributed by atoms with van der Waals surface area (Å²) in [4.78, 5) is 15.9. The molecular formula is C15H17N3O3. The van der Waals surface area contributed by atoms with Gasteiger partial charge in [0.25, 0.3) is 5.91 Å². The van der Waals surface area contributed by atoms with Crippen LogP contribution in [-0.4, -0.2) is 24.6 Å². The van der Waals surface area contributed by atoms with Crippen molar-refractivity contribution in [3.63, 3.8) is 0 Å². The van der Waals surface area contributed by atoms with Crippen LogP contribution in [0.2, 0.25) is 0 Å². The minimum atomic E-state index is -0.271. The zero-order valence-corrected chi connectivity index (χ0v) is 11.9. The number of ether oxygens (including phenoxy) is 2. The van der Waals surface area contributed by atoms with Crippen LogP contribution in [0.1, 0.15) is 5.69 Å². The molecule has 0 saturated heterocycles. The number of carbonyl (C=O) groups is 1. The van der Waals surface area contributed by atoms with Gasteiger partial charge in [-0.25, -0.2) is 4.98 Å². The van der Waals surface area contributed by atoms with E-state index in [0.717, 1.165) is 0 Å². The lowest BCUT2D eigenvalue weighted by Crippen LogP contribution is -2.21. The van der Waals surface area contributed by atoms with E-state index < -0.39 is 0 Å². The summed E-state index contributed by atoms with van der Waals surface area (Å²) in [6.07, 6.45) is 0. The third kappa shape index (κ3) is 4.10. The molecule has 0 unspecified atom stereocenters. The number of aromatic nitrogens is 1. The van der Waals surface area contributed by atoms with Crippen molar-refractivity contribution in [2.24, 2.45) is 0 Å². The first-order valence-electron chi connectivity index (χ1n) is 6.38. The average Bonchev–Trinajstić information content (AvgIpc) is 2.48. The number of hydrogen-bond donors (Lipinski definition) is 2. The molecule has 3 N–H and O–H groups in total. The number of hydrogen-bond acceptors (Lipinski definition) is 5. The third-order valence-electron chi connectivity index (χ3n) is 2.79. The van der Waals surface area contributed by atoms with Gasteiger partial charge in [-0.3, -0.25) is 4.79 Å². The van der Waals surface area contributed by atoms with Gasteiger partial charge in [0.05, 0.1) is 18.5 Å². The Morgan fingerprint density at radius 1 is 1.29 bits per heavy atom. The molecule has 0 aliphatic heterocycles. The van der Waals surface area contributed by atoms with Gasteiger partial charge in [-0.15, -0.1) is 0 Å². The second-order valence-corrected chi connectivity index (χ2v) is 4.38. The van der Waals surface area contributed by atoms with Crippen LogP contribution in [0.4, 0.5) is 11.5 Å². The Morgan fingerprint density at radius 2 is 2.05 bits per heavy atom. The van der Waals surface area contributed by atoms with Crippen molar-refractivity contribution in [2.75, 3.05) is 24.8 Å². The highest BCUT2D eigenvalue weighted by atomic mass is 16.5. The van der Waals surface area contributed by atoms with Crippen LogP contribution >= 0.6 is 0 Å². The topological polar surface area (TPSA) is 86.5 Å². The predicted molar refractivity (Wildman–Crippen MR) is 80.5 cm³/mol. The molecule has 2 rings (SSSR count). The van der Waals surface area contributed by atoms with Gasteiger partial charge in [0.15, 0.2) is 6.61 Å². The summed E-state index contributed by atoms with van der Waals surface area (Å²) in [7, 11) is 1.57. The summed E-state index contributed by atoms with van der Waals surface area (Å²) in [5.41, 5.74) is 6.83. The highest BCUT2D eigenvalue weighted by Crippen LogP contribution is 2.19. The van der Waals surface area contributed by atoms with Crippen molar-refractivity contribution in [1.29, 1.82) is 0 Å². The number of nitrogens with two attached hydrogens (primary N) is 1. The molecule has 0 spiro atoms. The fraction of sp³-hybridized carbons (Fsp3) is 0.200. The molecule has 1 aromatic carbocycles. The van der Waals surface area contributed by atoms with Gasteiger partial charge in [-0.1, -0.05) is 6.07 Å². The summed E-state index contributed by atoms with van der Waals surface area (Å²) < 4.78 is 10.5. The van der Waals surface area contributed by atoms with E-state index >= 15 is 0 Å². The van der Waals surface area contributed by atoms with Gasteiger partial charge in [0.1, 0.15) is 17.3 Å². The lowest BCUT2D eigenvalue weighted by molar-refractivity contribution is -0.118. The highest BCUT2D eigenvalue weighted by molar-refractivity contribution is 5.92. The summed E-state index contributed by atoms with van der Waals surface area (Å²) in [5, 5.41) is 2.72. The monoisotopic (exact) mass is 287 g/mol. The van der Waals surface area contributed by atoms with Crippen LogP contribution in [-0.2, 0) is 4.79 Å². The molecule has 1 heterocycles. The largest absolute Gasteiger partial charge is 0.497 e. The Morgan fingerprint density at radius 3 is 2.76 bits per heavy atom. The third-order valence-corrected chi connectivity index (χ3v) is 2.79. The molecule has 110 valence electrons. The van der Waals surface area contributed by atoms with Gasteiger partial charge in [-0.05, 0) is 31.2 Å². The Hall–Kier alpha value is -2.76. The number of rotatable bonds is 5. The van der Waals surface area contributed by atoms with Crippen LogP contribution in [0.15, 0.2) is 36.4 Å². The molecule has 0 aliphatic rings. The number of aryl methyl sites for hydroxylation is 1. The lowest BCUT2D eigenvalue weighted by Gasteiger charge is -2.10. The molecule has 21 heavy (non-hydrogen) atoms.